The highest BCUT2D eigenvalue weighted by Gasteiger charge is 1.99. The Labute approximate surface area is 63.3 Å². The zero-order valence-corrected chi connectivity index (χ0v) is 6.33. The number of aryl methyl sites for hydroxylation is 2. The molecule has 0 amide bonds. The first kappa shape index (κ1) is 7.97. The zero-order chi connectivity index (χ0) is 8.27. The Kier molecular flexibility index (Phi) is 2.40. The van der Waals surface area contributed by atoms with Crippen molar-refractivity contribution in [3.8, 4) is 0 Å². The van der Waals surface area contributed by atoms with Gasteiger partial charge in [0, 0.05) is 13.6 Å². The topological polar surface area (TPSA) is 39.8 Å². The van der Waals surface area contributed by atoms with Gasteiger partial charge in [-0.1, -0.05) is 0 Å². The van der Waals surface area contributed by atoms with Crippen LogP contribution in [0.4, 0.5) is 4.39 Å². The SMILES string of the molecule is Cn1cnn(CCCF)c1=O. The molecule has 0 aromatic carbocycles. The molecule has 4 nitrogen and oxygen atoms in total. The van der Waals surface area contributed by atoms with E-state index in [1.165, 1.54) is 15.6 Å². The van der Waals surface area contributed by atoms with Crippen molar-refractivity contribution in [3.63, 3.8) is 0 Å². The van der Waals surface area contributed by atoms with Crippen LogP contribution >= 0.6 is 0 Å². The molecule has 0 aliphatic heterocycles. The van der Waals surface area contributed by atoms with Crippen LogP contribution in [0.3, 0.4) is 0 Å². The smallest absolute Gasteiger partial charge is 0.285 e. The summed E-state index contributed by atoms with van der Waals surface area (Å²) in [6.45, 7) is -0.0564. The Morgan fingerprint density at radius 3 is 2.91 bits per heavy atom. The number of rotatable bonds is 3. The molecule has 5 heteroatoms. The highest BCUT2D eigenvalue weighted by atomic mass is 19.1. The van der Waals surface area contributed by atoms with Gasteiger partial charge in [0.15, 0.2) is 0 Å². The molecule has 0 fully saturated rings. The molecular weight excluding hydrogens is 149 g/mol. The summed E-state index contributed by atoms with van der Waals surface area (Å²) in [4.78, 5) is 11.0. The monoisotopic (exact) mass is 159 g/mol. The Bertz CT molecular complexity index is 278. The second-order valence-corrected chi connectivity index (χ2v) is 2.29. The average Bonchev–Trinajstić information content (AvgIpc) is 2.31. The fourth-order valence-corrected chi connectivity index (χ4v) is 0.784. The van der Waals surface area contributed by atoms with Gasteiger partial charge in [-0.2, -0.15) is 5.10 Å². The Morgan fingerprint density at radius 2 is 2.45 bits per heavy atom. The van der Waals surface area contributed by atoms with Crippen molar-refractivity contribution >= 4 is 0 Å². The number of hydrogen-bond donors (Lipinski definition) is 0. The highest BCUT2D eigenvalue weighted by Crippen LogP contribution is 1.84. The molecule has 0 N–H and O–H groups in total. The quantitative estimate of drug-likeness (QED) is 0.620. The number of hydrogen-bond acceptors (Lipinski definition) is 2. The van der Waals surface area contributed by atoms with Crippen molar-refractivity contribution in [1.82, 2.24) is 14.3 Å². The van der Waals surface area contributed by atoms with Crippen LogP contribution < -0.4 is 5.69 Å². The lowest BCUT2D eigenvalue weighted by molar-refractivity contribution is 0.429. The molecule has 0 bridgehead atoms. The van der Waals surface area contributed by atoms with Gasteiger partial charge in [-0.3, -0.25) is 8.96 Å². The lowest BCUT2D eigenvalue weighted by atomic mass is 10.5. The minimum Gasteiger partial charge on any atom is -0.285 e. The van der Waals surface area contributed by atoms with Crippen molar-refractivity contribution in [1.29, 1.82) is 0 Å². The first-order chi connectivity index (χ1) is 5.25. The van der Waals surface area contributed by atoms with Gasteiger partial charge in [-0.05, 0) is 6.42 Å². The van der Waals surface area contributed by atoms with Crippen LogP contribution in [-0.4, -0.2) is 21.0 Å². The van der Waals surface area contributed by atoms with E-state index in [9.17, 15) is 9.18 Å². The van der Waals surface area contributed by atoms with Gasteiger partial charge in [-0.15, -0.1) is 0 Å². The first-order valence-electron chi connectivity index (χ1n) is 3.40. The normalized spacial score (nSPS) is 10.4. The molecular formula is C6H10FN3O. The van der Waals surface area contributed by atoms with E-state index in [1.54, 1.807) is 7.05 Å². The first-order valence-corrected chi connectivity index (χ1v) is 3.40. The standard InChI is InChI=1S/C6H10FN3O/c1-9-5-8-10(6(9)11)4-2-3-7/h5H,2-4H2,1H3. The van der Waals surface area contributed by atoms with Gasteiger partial charge in [0.05, 0.1) is 6.67 Å². The third-order valence-electron chi connectivity index (χ3n) is 1.39. The highest BCUT2D eigenvalue weighted by molar-refractivity contribution is 4.64. The lowest BCUT2D eigenvalue weighted by Gasteiger charge is -1.93. The molecule has 0 spiro atoms. The number of aromatic nitrogens is 3. The van der Waals surface area contributed by atoms with E-state index < -0.39 is 6.67 Å². The van der Waals surface area contributed by atoms with Gasteiger partial charge >= 0.3 is 5.69 Å². The van der Waals surface area contributed by atoms with Crippen molar-refractivity contribution < 1.29 is 4.39 Å². The summed E-state index contributed by atoms with van der Waals surface area (Å²) >= 11 is 0. The summed E-state index contributed by atoms with van der Waals surface area (Å²) < 4.78 is 14.3. The van der Waals surface area contributed by atoms with Crippen LogP contribution in [-0.2, 0) is 13.6 Å². The molecule has 0 atom stereocenters. The van der Waals surface area contributed by atoms with Crippen molar-refractivity contribution in [2.24, 2.45) is 7.05 Å². The maximum Gasteiger partial charge on any atom is 0.345 e. The third kappa shape index (κ3) is 1.66. The second kappa shape index (κ2) is 3.32. The van der Waals surface area contributed by atoms with Crippen LogP contribution in [0.2, 0.25) is 0 Å². The van der Waals surface area contributed by atoms with E-state index in [4.69, 9.17) is 0 Å². The van der Waals surface area contributed by atoms with Gasteiger partial charge < -0.3 is 0 Å². The number of nitrogens with zero attached hydrogens (tertiary/aromatic N) is 3. The molecule has 1 aromatic rings. The van der Waals surface area contributed by atoms with E-state index in [-0.39, 0.29) is 5.69 Å². The van der Waals surface area contributed by atoms with Gasteiger partial charge in [-0.25, -0.2) is 9.48 Å². The minimum absolute atomic E-state index is 0.196. The molecule has 0 aliphatic carbocycles. The largest absolute Gasteiger partial charge is 0.345 e. The summed E-state index contributed by atoms with van der Waals surface area (Å²) in [6, 6.07) is 0. The predicted molar refractivity (Wildman–Crippen MR) is 38.1 cm³/mol. The molecule has 1 heterocycles. The summed E-state index contributed by atoms with van der Waals surface area (Å²) in [7, 11) is 1.61. The van der Waals surface area contributed by atoms with E-state index >= 15 is 0 Å². The van der Waals surface area contributed by atoms with Crippen LogP contribution in [0.5, 0.6) is 0 Å². The summed E-state index contributed by atoms with van der Waals surface area (Å²) in [5, 5.41) is 3.75. The molecule has 0 aliphatic rings. The molecule has 62 valence electrons. The molecule has 1 aromatic heterocycles. The van der Waals surface area contributed by atoms with Crippen molar-refractivity contribution in [3.05, 3.63) is 16.8 Å². The maximum absolute atomic E-state index is 11.7. The van der Waals surface area contributed by atoms with E-state index in [0.717, 1.165) is 0 Å². The van der Waals surface area contributed by atoms with Gasteiger partial charge in [0.2, 0.25) is 0 Å². The van der Waals surface area contributed by atoms with Crippen molar-refractivity contribution in [2.45, 2.75) is 13.0 Å². The fourth-order valence-electron chi connectivity index (χ4n) is 0.784. The minimum atomic E-state index is -0.414. The van der Waals surface area contributed by atoms with Gasteiger partial charge in [0.25, 0.3) is 0 Å². The average molecular weight is 159 g/mol. The maximum atomic E-state index is 11.7. The Morgan fingerprint density at radius 1 is 1.73 bits per heavy atom. The molecule has 1 rings (SSSR count). The summed E-state index contributed by atoms with van der Waals surface area (Å²) in [5.74, 6) is 0. The second-order valence-electron chi connectivity index (χ2n) is 2.29. The van der Waals surface area contributed by atoms with E-state index in [0.29, 0.717) is 13.0 Å². The summed E-state index contributed by atoms with van der Waals surface area (Å²) in [5.41, 5.74) is -0.196. The number of halogens is 1. The molecule has 0 saturated heterocycles. The summed E-state index contributed by atoms with van der Waals surface area (Å²) in [6.07, 6.45) is 1.76. The lowest BCUT2D eigenvalue weighted by Crippen LogP contribution is -2.23. The fraction of sp³-hybridized carbons (Fsp3) is 0.667. The Balaban J connectivity index is 2.71. The molecule has 11 heavy (non-hydrogen) atoms. The van der Waals surface area contributed by atoms with Crippen LogP contribution in [0.15, 0.2) is 11.1 Å². The van der Waals surface area contributed by atoms with Crippen molar-refractivity contribution in [2.75, 3.05) is 6.67 Å². The zero-order valence-electron chi connectivity index (χ0n) is 6.33. The third-order valence-corrected chi connectivity index (χ3v) is 1.39. The van der Waals surface area contributed by atoms with Crippen LogP contribution in [0, 0.1) is 0 Å². The Hall–Kier alpha value is -1.13. The number of alkyl halides is 1. The van der Waals surface area contributed by atoms with E-state index in [2.05, 4.69) is 5.10 Å². The predicted octanol–water partition coefficient (Wildman–Crippen LogP) is -0.0586. The molecule has 0 unspecified atom stereocenters. The van der Waals surface area contributed by atoms with Gasteiger partial charge in [0.1, 0.15) is 6.33 Å². The molecule has 0 saturated carbocycles. The van der Waals surface area contributed by atoms with Crippen LogP contribution in [0.1, 0.15) is 6.42 Å². The molecule has 0 radical (unpaired) electrons. The van der Waals surface area contributed by atoms with E-state index in [1.807, 2.05) is 0 Å². The van der Waals surface area contributed by atoms with Crippen LogP contribution in [0.25, 0.3) is 0 Å².